The minimum atomic E-state index is -0.492. The number of methoxy groups -OCH3 is 4. The van der Waals surface area contributed by atoms with Crippen molar-refractivity contribution in [3.63, 3.8) is 0 Å². The molecule has 0 spiro atoms. The van der Waals surface area contributed by atoms with E-state index in [-0.39, 0.29) is 11.7 Å². The summed E-state index contributed by atoms with van der Waals surface area (Å²) in [5.74, 6) is 1.65. The second kappa shape index (κ2) is 10.1. The topological polar surface area (TPSA) is 96.0 Å². The molecule has 2 aromatic carbocycles. The Morgan fingerprint density at radius 2 is 1.54 bits per heavy atom. The zero-order chi connectivity index (χ0) is 25.1. The Balaban J connectivity index is 1.67. The van der Waals surface area contributed by atoms with Gasteiger partial charge < -0.3 is 33.3 Å². The zero-order valence-electron chi connectivity index (χ0n) is 20.2. The van der Waals surface area contributed by atoms with E-state index in [0.29, 0.717) is 66.1 Å². The molecule has 35 heavy (non-hydrogen) atoms. The van der Waals surface area contributed by atoms with Crippen LogP contribution in [0.3, 0.4) is 0 Å². The highest BCUT2D eigenvalue weighted by atomic mass is 16.6. The summed E-state index contributed by atoms with van der Waals surface area (Å²) in [6.45, 7) is 5.77. The molecule has 10 nitrogen and oxygen atoms in total. The number of carbonyl (C=O) groups is 2. The standard InChI is InChI=1S/C25H28N2O8/c1-15-22(27(24(15)28)17-13-20(31-3)23(33-5)21(14-17)32-4)16-6-7-18(30-2)19(12-16)35-25(29)26-8-10-34-11-9-26/h6-7,12-14,22H,1,8-11H2,2-5H3/t22-/m1/s1. The van der Waals surface area contributed by atoms with Crippen molar-refractivity contribution in [2.45, 2.75) is 6.04 Å². The van der Waals surface area contributed by atoms with E-state index in [0.717, 1.165) is 0 Å². The number of morpholine rings is 1. The maximum atomic E-state index is 12.9. The van der Waals surface area contributed by atoms with Crippen LogP contribution in [0.25, 0.3) is 0 Å². The molecule has 2 heterocycles. The smallest absolute Gasteiger partial charge is 0.415 e. The lowest BCUT2D eigenvalue weighted by atomic mass is 9.88. The van der Waals surface area contributed by atoms with Gasteiger partial charge in [-0.25, -0.2) is 4.79 Å². The van der Waals surface area contributed by atoms with Gasteiger partial charge in [-0.05, 0) is 17.7 Å². The van der Waals surface area contributed by atoms with Crippen LogP contribution in [0, 0.1) is 0 Å². The van der Waals surface area contributed by atoms with Gasteiger partial charge in [0.15, 0.2) is 23.0 Å². The molecule has 0 unspecified atom stereocenters. The van der Waals surface area contributed by atoms with Crippen molar-refractivity contribution in [3.8, 4) is 28.7 Å². The SMILES string of the molecule is C=C1C(=O)N(c2cc(OC)c(OC)c(OC)c2)[C@H]1c1ccc(OC)c(OC(=O)N2CCOCC2)c1. The first-order chi connectivity index (χ1) is 16.9. The number of amides is 2. The summed E-state index contributed by atoms with van der Waals surface area (Å²) in [7, 11) is 6.02. The Morgan fingerprint density at radius 1 is 0.914 bits per heavy atom. The first kappa shape index (κ1) is 24.2. The highest BCUT2D eigenvalue weighted by molar-refractivity contribution is 6.15. The van der Waals surface area contributed by atoms with Gasteiger partial charge in [0.25, 0.3) is 5.91 Å². The molecular formula is C25H28N2O8. The van der Waals surface area contributed by atoms with Crippen molar-refractivity contribution in [2.75, 3.05) is 59.6 Å². The lowest BCUT2D eigenvalue weighted by molar-refractivity contribution is -0.119. The molecule has 2 saturated heterocycles. The quantitative estimate of drug-likeness (QED) is 0.437. The molecule has 0 aliphatic carbocycles. The van der Waals surface area contributed by atoms with Gasteiger partial charge in [0.1, 0.15) is 0 Å². The van der Waals surface area contributed by atoms with E-state index in [2.05, 4.69) is 6.58 Å². The molecule has 2 aliphatic rings. The monoisotopic (exact) mass is 484 g/mol. The number of hydrogen-bond acceptors (Lipinski definition) is 8. The lowest BCUT2D eigenvalue weighted by Crippen LogP contribution is -2.48. The molecule has 2 aromatic rings. The van der Waals surface area contributed by atoms with Gasteiger partial charge in [-0.2, -0.15) is 0 Å². The maximum Gasteiger partial charge on any atom is 0.415 e. The van der Waals surface area contributed by atoms with Crippen molar-refractivity contribution < 1.29 is 38.0 Å². The summed E-state index contributed by atoms with van der Waals surface area (Å²) < 4.78 is 32.6. The Bertz CT molecular complexity index is 1120. The molecule has 186 valence electrons. The van der Waals surface area contributed by atoms with E-state index in [9.17, 15) is 9.59 Å². The largest absolute Gasteiger partial charge is 0.493 e. The third-order valence-corrected chi connectivity index (χ3v) is 5.98. The van der Waals surface area contributed by atoms with E-state index in [4.69, 9.17) is 28.4 Å². The molecule has 0 aromatic heterocycles. The van der Waals surface area contributed by atoms with E-state index in [1.54, 1.807) is 40.1 Å². The van der Waals surface area contributed by atoms with Gasteiger partial charge in [0.05, 0.1) is 53.4 Å². The highest BCUT2D eigenvalue weighted by Gasteiger charge is 2.43. The van der Waals surface area contributed by atoms with Gasteiger partial charge in [0.2, 0.25) is 5.75 Å². The van der Waals surface area contributed by atoms with Gasteiger partial charge in [-0.15, -0.1) is 0 Å². The fourth-order valence-electron chi connectivity index (χ4n) is 4.15. The highest BCUT2D eigenvalue weighted by Crippen LogP contribution is 2.48. The zero-order valence-corrected chi connectivity index (χ0v) is 20.2. The summed E-state index contributed by atoms with van der Waals surface area (Å²) in [4.78, 5) is 28.7. The fourth-order valence-corrected chi connectivity index (χ4v) is 4.15. The Kier molecular flexibility index (Phi) is 7.02. The molecule has 4 rings (SSSR count). The first-order valence-corrected chi connectivity index (χ1v) is 11.0. The average molecular weight is 485 g/mol. The average Bonchev–Trinajstić information content (AvgIpc) is 2.90. The molecule has 10 heteroatoms. The second-order valence-corrected chi connectivity index (χ2v) is 7.86. The van der Waals surface area contributed by atoms with Gasteiger partial charge in [-0.1, -0.05) is 12.6 Å². The summed E-state index contributed by atoms with van der Waals surface area (Å²) >= 11 is 0. The van der Waals surface area contributed by atoms with Crippen LogP contribution in [0.1, 0.15) is 11.6 Å². The van der Waals surface area contributed by atoms with E-state index < -0.39 is 12.1 Å². The first-order valence-electron chi connectivity index (χ1n) is 11.0. The molecule has 0 bridgehead atoms. The Labute approximate surface area is 203 Å². The van der Waals surface area contributed by atoms with Crippen LogP contribution in [-0.4, -0.2) is 71.6 Å². The van der Waals surface area contributed by atoms with Gasteiger partial charge >= 0.3 is 6.09 Å². The Morgan fingerprint density at radius 3 is 2.11 bits per heavy atom. The lowest BCUT2D eigenvalue weighted by Gasteiger charge is -2.42. The normalized spacial score (nSPS) is 17.5. The second-order valence-electron chi connectivity index (χ2n) is 7.86. The van der Waals surface area contributed by atoms with Crippen LogP contribution in [0.2, 0.25) is 0 Å². The number of rotatable bonds is 7. The van der Waals surface area contributed by atoms with Crippen LogP contribution in [0.5, 0.6) is 28.7 Å². The fraction of sp³-hybridized carbons (Fsp3) is 0.360. The number of anilines is 1. The third-order valence-electron chi connectivity index (χ3n) is 5.98. The van der Waals surface area contributed by atoms with Gasteiger partial charge in [-0.3, -0.25) is 9.69 Å². The predicted octanol–water partition coefficient (Wildman–Crippen LogP) is 3.20. The van der Waals surface area contributed by atoms with E-state index in [1.807, 2.05) is 0 Å². The number of ether oxygens (including phenoxy) is 6. The maximum absolute atomic E-state index is 12.9. The van der Waals surface area contributed by atoms with Crippen LogP contribution < -0.4 is 28.6 Å². The molecular weight excluding hydrogens is 456 g/mol. The van der Waals surface area contributed by atoms with Crippen molar-refractivity contribution in [3.05, 3.63) is 48.0 Å². The molecule has 0 radical (unpaired) electrons. The summed E-state index contributed by atoms with van der Waals surface area (Å²) in [6, 6.07) is 8.09. The molecule has 2 aliphatic heterocycles. The molecule has 1 atom stereocenters. The van der Waals surface area contributed by atoms with Crippen LogP contribution >= 0.6 is 0 Å². The van der Waals surface area contributed by atoms with Crippen molar-refractivity contribution >= 4 is 17.7 Å². The number of nitrogens with zero attached hydrogens (tertiary/aromatic N) is 2. The molecule has 2 amide bonds. The minimum absolute atomic E-state index is 0.244. The van der Waals surface area contributed by atoms with Crippen LogP contribution in [0.4, 0.5) is 10.5 Å². The number of β-lactam (4-membered cyclic amide) rings is 1. The summed E-state index contributed by atoms with van der Waals surface area (Å²) in [5, 5.41) is 0. The number of benzene rings is 2. The van der Waals surface area contributed by atoms with Crippen LogP contribution in [0.15, 0.2) is 42.5 Å². The van der Waals surface area contributed by atoms with Crippen molar-refractivity contribution in [2.24, 2.45) is 0 Å². The summed E-state index contributed by atoms with van der Waals surface area (Å²) in [5.41, 5.74) is 1.65. The van der Waals surface area contributed by atoms with E-state index >= 15 is 0 Å². The molecule has 0 saturated carbocycles. The third kappa shape index (κ3) is 4.44. The van der Waals surface area contributed by atoms with Crippen LogP contribution in [-0.2, 0) is 9.53 Å². The summed E-state index contributed by atoms with van der Waals surface area (Å²) in [6.07, 6.45) is -0.492. The number of hydrogen-bond donors (Lipinski definition) is 0. The van der Waals surface area contributed by atoms with Crippen molar-refractivity contribution in [1.29, 1.82) is 0 Å². The number of carbonyl (C=O) groups excluding carboxylic acids is 2. The Hall–Kier alpha value is -3.92. The molecule has 2 fully saturated rings. The molecule has 0 N–H and O–H groups in total. The van der Waals surface area contributed by atoms with Gasteiger partial charge in [0, 0.05) is 30.8 Å². The van der Waals surface area contributed by atoms with Crippen molar-refractivity contribution in [1.82, 2.24) is 4.90 Å². The minimum Gasteiger partial charge on any atom is -0.493 e. The van der Waals surface area contributed by atoms with E-state index in [1.165, 1.54) is 28.4 Å². The predicted molar refractivity (Wildman–Crippen MR) is 127 cm³/mol.